The summed E-state index contributed by atoms with van der Waals surface area (Å²) >= 11 is 0. The number of carbonyl (C=O) groups is 2. The first kappa shape index (κ1) is 18.0. The molecule has 1 aliphatic carbocycles. The highest BCUT2D eigenvalue weighted by molar-refractivity contribution is 6.07. The molecule has 0 aromatic carbocycles. The number of carboxylic acid groups (broad SMARTS) is 1. The second-order valence-corrected chi connectivity index (χ2v) is 7.03. The zero-order valence-electron chi connectivity index (χ0n) is 15.2. The molecule has 8 nitrogen and oxygen atoms in total. The first-order valence-electron chi connectivity index (χ1n) is 8.75. The van der Waals surface area contributed by atoms with Gasteiger partial charge in [-0.2, -0.15) is 0 Å². The van der Waals surface area contributed by atoms with Crippen LogP contribution in [0.1, 0.15) is 41.6 Å². The maximum atomic E-state index is 12.9. The molecule has 3 rings (SSSR count). The van der Waals surface area contributed by atoms with Crippen molar-refractivity contribution in [2.24, 2.45) is 14.1 Å². The number of pyridine rings is 1. The molecule has 0 radical (unpaired) electrons. The highest BCUT2D eigenvalue weighted by Crippen LogP contribution is 2.23. The summed E-state index contributed by atoms with van der Waals surface area (Å²) in [6.45, 7) is 1.90. The number of nitrogens with zero attached hydrogens (tertiary/aromatic N) is 2. The molecule has 1 aliphatic rings. The van der Waals surface area contributed by atoms with Gasteiger partial charge in [0, 0.05) is 32.5 Å². The van der Waals surface area contributed by atoms with Gasteiger partial charge in [0.05, 0.1) is 22.5 Å². The predicted molar refractivity (Wildman–Crippen MR) is 97.6 cm³/mol. The Morgan fingerprint density at radius 1 is 1.08 bits per heavy atom. The maximum Gasteiger partial charge on any atom is 0.404 e. The third-order valence-electron chi connectivity index (χ3n) is 5.11. The largest absolute Gasteiger partial charge is 0.465 e. The zero-order chi connectivity index (χ0) is 19.0. The Bertz CT molecular complexity index is 927. The van der Waals surface area contributed by atoms with Gasteiger partial charge in [-0.05, 0) is 25.3 Å². The second kappa shape index (κ2) is 6.86. The zero-order valence-corrected chi connectivity index (χ0v) is 15.2. The summed E-state index contributed by atoms with van der Waals surface area (Å²) in [5.41, 5.74) is 1.75. The van der Waals surface area contributed by atoms with Gasteiger partial charge in [-0.1, -0.05) is 12.8 Å². The Morgan fingerprint density at radius 2 is 1.69 bits per heavy atom. The summed E-state index contributed by atoms with van der Waals surface area (Å²) in [4.78, 5) is 36.5. The summed E-state index contributed by atoms with van der Waals surface area (Å²) in [6, 6.07) is -0.596. The standard InChI is InChI=1S/C18H24N4O4/c1-10-8-22(3)17(24)14-11(9-21(2)15(10)14)16(23)19-12-6-4-5-7-13(12)20-18(25)26/h8-9,12-13,20H,4-7H2,1-3H3,(H,19,23)(H,25,26)/t12-,13+/m0/s1. The maximum absolute atomic E-state index is 12.9. The van der Waals surface area contributed by atoms with E-state index in [4.69, 9.17) is 5.11 Å². The fraction of sp³-hybridized carbons (Fsp3) is 0.500. The minimum Gasteiger partial charge on any atom is -0.465 e. The van der Waals surface area contributed by atoms with Crippen molar-refractivity contribution < 1.29 is 14.7 Å². The van der Waals surface area contributed by atoms with E-state index in [0.717, 1.165) is 23.9 Å². The number of aromatic nitrogens is 2. The Kier molecular flexibility index (Phi) is 4.76. The van der Waals surface area contributed by atoms with Gasteiger partial charge in [-0.15, -0.1) is 0 Å². The molecule has 2 aromatic rings. The third kappa shape index (κ3) is 3.18. The van der Waals surface area contributed by atoms with Gasteiger partial charge in [0.15, 0.2) is 0 Å². The van der Waals surface area contributed by atoms with Crippen LogP contribution < -0.4 is 16.2 Å². The van der Waals surface area contributed by atoms with Crippen LogP contribution in [0.25, 0.3) is 10.9 Å². The van der Waals surface area contributed by atoms with Gasteiger partial charge in [0.25, 0.3) is 11.5 Å². The molecule has 2 atom stereocenters. The quantitative estimate of drug-likeness (QED) is 0.771. The SMILES string of the molecule is Cc1cn(C)c(=O)c2c(C(=O)N[C@H]3CCCC[C@H]3NC(=O)O)cn(C)c12. The molecule has 3 N–H and O–H groups in total. The van der Waals surface area contributed by atoms with Crippen molar-refractivity contribution in [1.29, 1.82) is 0 Å². The topological polar surface area (TPSA) is 105 Å². The Hall–Kier alpha value is -2.77. The summed E-state index contributed by atoms with van der Waals surface area (Å²) < 4.78 is 3.26. The molecule has 2 amide bonds. The van der Waals surface area contributed by atoms with E-state index in [1.165, 1.54) is 4.57 Å². The average molecular weight is 360 g/mol. The van der Waals surface area contributed by atoms with Crippen molar-refractivity contribution >= 4 is 22.9 Å². The van der Waals surface area contributed by atoms with Crippen LogP contribution >= 0.6 is 0 Å². The van der Waals surface area contributed by atoms with Crippen LogP contribution in [0.5, 0.6) is 0 Å². The predicted octanol–water partition coefficient (Wildman–Crippen LogP) is 1.49. The van der Waals surface area contributed by atoms with E-state index in [9.17, 15) is 14.4 Å². The minimum absolute atomic E-state index is 0.222. The first-order chi connectivity index (χ1) is 12.3. The lowest BCUT2D eigenvalue weighted by Gasteiger charge is -2.31. The molecule has 8 heteroatoms. The molecule has 140 valence electrons. The molecule has 0 unspecified atom stereocenters. The van der Waals surface area contributed by atoms with E-state index in [1.807, 2.05) is 6.92 Å². The highest BCUT2D eigenvalue weighted by Gasteiger charge is 2.29. The smallest absolute Gasteiger partial charge is 0.404 e. The van der Waals surface area contributed by atoms with Gasteiger partial charge < -0.3 is 24.9 Å². The molecule has 1 fully saturated rings. The summed E-state index contributed by atoms with van der Waals surface area (Å²) in [7, 11) is 3.47. The van der Waals surface area contributed by atoms with E-state index < -0.39 is 6.09 Å². The van der Waals surface area contributed by atoms with E-state index in [2.05, 4.69) is 10.6 Å². The normalized spacial score (nSPS) is 20.1. The summed E-state index contributed by atoms with van der Waals surface area (Å²) in [5.74, 6) is -0.345. The lowest BCUT2D eigenvalue weighted by Crippen LogP contribution is -2.53. The van der Waals surface area contributed by atoms with Crippen molar-refractivity contribution in [1.82, 2.24) is 19.8 Å². The van der Waals surface area contributed by atoms with Crippen molar-refractivity contribution in [2.45, 2.75) is 44.7 Å². The van der Waals surface area contributed by atoms with Crippen molar-refractivity contribution in [3.8, 4) is 0 Å². The average Bonchev–Trinajstić information content (AvgIpc) is 2.92. The Morgan fingerprint density at radius 3 is 2.31 bits per heavy atom. The van der Waals surface area contributed by atoms with Crippen LogP contribution in [-0.4, -0.2) is 38.3 Å². The van der Waals surface area contributed by atoms with E-state index in [1.54, 1.807) is 31.1 Å². The van der Waals surface area contributed by atoms with Gasteiger partial charge >= 0.3 is 6.09 Å². The lowest BCUT2D eigenvalue weighted by molar-refractivity contribution is 0.0914. The fourth-order valence-electron chi connectivity index (χ4n) is 3.96. The van der Waals surface area contributed by atoms with Crippen LogP contribution in [0.2, 0.25) is 0 Å². The van der Waals surface area contributed by atoms with E-state index in [-0.39, 0.29) is 23.6 Å². The van der Waals surface area contributed by atoms with Crippen LogP contribution in [0.3, 0.4) is 0 Å². The molecule has 0 bridgehead atoms. The molecular weight excluding hydrogens is 336 g/mol. The Labute approximate surface area is 150 Å². The van der Waals surface area contributed by atoms with Crippen LogP contribution in [0, 0.1) is 6.92 Å². The molecule has 2 heterocycles. The molecule has 26 heavy (non-hydrogen) atoms. The number of carbonyl (C=O) groups excluding carboxylic acids is 1. The van der Waals surface area contributed by atoms with Gasteiger partial charge in [-0.25, -0.2) is 4.79 Å². The van der Waals surface area contributed by atoms with Crippen molar-refractivity contribution in [3.05, 3.63) is 33.9 Å². The van der Waals surface area contributed by atoms with Crippen molar-refractivity contribution in [2.75, 3.05) is 0 Å². The number of hydrogen-bond acceptors (Lipinski definition) is 3. The molecular formula is C18H24N4O4. The number of nitrogens with one attached hydrogen (secondary N) is 2. The highest BCUT2D eigenvalue weighted by atomic mass is 16.4. The van der Waals surface area contributed by atoms with Gasteiger partial charge in [-0.3, -0.25) is 9.59 Å². The number of hydrogen-bond donors (Lipinski definition) is 3. The van der Waals surface area contributed by atoms with Gasteiger partial charge in [0.2, 0.25) is 0 Å². The number of aryl methyl sites for hydroxylation is 3. The van der Waals surface area contributed by atoms with Crippen LogP contribution in [0.4, 0.5) is 4.79 Å². The number of amides is 2. The number of rotatable bonds is 3. The monoisotopic (exact) mass is 360 g/mol. The minimum atomic E-state index is -1.09. The van der Waals surface area contributed by atoms with Crippen LogP contribution in [-0.2, 0) is 14.1 Å². The third-order valence-corrected chi connectivity index (χ3v) is 5.11. The van der Waals surface area contributed by atoms with Gasteiger partial charge in [0.1, 0.15) is 0 Å². The summed E-state index contributed by atoms with van der Waals surface area (Å²) in [5, 5.41) is 14.8. The van der Waals surface area contributed by atoms with E-state index in [0.29, 0.717) is 23.8 Å². The second-order valence-electron chi connectivity index (χ2n) is 7.03. The molecule has 0 saturated heterocycles. The van der Waals surface area contributed by atoms with Crippen LogP contribution in [0.15, 0.2) is 17.2 Å². The molecule has 0 spiro atoms. The molecule has 0 aliphatic heterocycles. The molecule has 2 aromatic heterocycles. The summed E-state index contributed by atoms with van der Waals surface area (Å²) in [6.07, 6.45) is 5.57. The fourth-order valence-corrected chi connectivity index (χ4v) is 3.96. The lowest BCUT2D eigenvalue weighted by atomic mass is 9.90. The number of fused-ring (bicyclic) bond motifs is 1. The Balaban J connectivity index is 1.95. The molecule has 1 saturated carbocycles. The van der Waals surface area contributed by atoms with Crippen molar-refractivity contribution in [3.63, 3.8) is 0 Å². The first-order valence-corrected chi connectivity index (χ1v) is 8.75. The van der Waals surface area contributed by atoms with E-state index >= 15 is 0 Å².